The Morgan fingerprint density at radius 2 is 1.74 bits per heavy atom. The minimum Gasteiger partial charge on any atom is -0.480 e. The molecule has 7 heteroatoms. The molecule has 0 amide bonds. The van der Waals surface area contributed by atoms with Crippen molar-refractivity contribution >= 4 is 28.5 Å². The van der Waals surface area contributed by atoms with Crippen molar-refractivity contribution in [3.63, 3.8) is 0 Å². The van der Waals surface area contributed by atoms with Gasteiger partial charge in [-0.25, -0.2) is 0 Å². The summed E-state index contributed by atoms with van der Waals surface area (Å²) in [5.74, 6) is -1.11. The van der Waals surface area contributed by atoms with E-state index in [1.807, 2.05) is 0 Å². The van der Waals surface area contributed by atoms with Gasteiger partial charge in [-0.3, -0.25) is 19.7 Å². The lowest BCUT2D eigenvalue weighted by atomic mass is 10.0. The Balaban J connectivity index is 2.38. The van der Waals surface area contributed by atoms with Gasteiger partial charge < -0.3 is 5.11 Å². The van der Waals surface area contributed by atoms with Crippen LogP contribution >= 0.6 is 11.8 Å². The van der Waals surface area contributed by atoms with Gasteiger partial charge in [-0.15, -0.1) is 0 Å². The normalized spacial score (nSPS) is 11.7. The van der Waals surface area contributed by atoms with Crippen LogP contribution in [0.15, 0.2) is 48.5 Å². The van der Waals surface area contributed by atoms with E-state index >= 15 is 0 Å². The lowest BCUT2D eigenvalue weighted by Gasteiger charge is -2.11. The number of aliphatic carboxylic acids is 1. The first-order chi connectivity index (χ1) is 10.9. The molecule has 0 fully saturated rings. The van der Waals surface area contributed by atoms with Crippen molar-refractivity contribution in [1.29, 1.82) is 0 Å². The molecule has 0 aliphatic rings. The maximum Gasteiger partial charge on any atom is 0.321 e. The molecule has 0 spiro atoms. The third-order valence-corrected chi connectivity index (χ3v) is 4.17. The molecule has 2 aromatic rings. The summed E-state index contributed by atoms with van der Waals surface area (Å²) < 4.78 is 0. The van der Waals surface area contributed by atoms with Gasteiger partial charge in [0.2, 0.25) is 0 Å². The molecule has 0 bridgehead atoms. The molecule has 0 aromatic heterocycles. The molecule has 118 valence electrons. The molecule has 0 radical (unpaired) electrons. The van der Waals surface area contributed by atoms with Gasteiger partial charge in [-0.2, -0.15) is 0 Å². The molecule has 1 N–H and O–H groups in total. The average Bonchev–Trinajstić information content (AvgIpc) is 2.52. The monoisotopic (exact) mass is 331 g/mol. The number of hydrogen-bond donors (Lipinski definition) is 1. The molecular formula is C16H13NO5S. The largest absolute Gasteiger partial charge is 0.480 e. The van der Waals surface area contributed by atoms with Crippen LogP contribution in [0.5, 0.6) is 0 Å². The van der Waals surface area contributed by atoms with Gasteiger partial charge in [0.05, 0.1) is 10.5 Å². The predicted molar refractivity (Wildman–Crippen MR) is 87.2 cm³/mol. The first kappa shape index (κ1) is 16.7. The van der Waals surface area contributed by atoms with E-state index in [0.29, 0.717) is 16.7 Å². The van der Waals surface area contributed by atoms with Crippen molar-refractivity contribution in [3.05, 3.63) is 64.2 Å². The molecule has 1 atom stereocenters. The van der Waals surface area contributed by atoms with E-state index in [1.165, 1.54) is 13.0 Å². The van der Waals surface area contributed by atoms with E-state index in [9.17, 15) is 24.8 Å². The summed E-state index contributed by atoms with van der Waals surface area (Å²) in [5, 5.41) is 19.0. The van der Waals surface area contributed by atoms with Crippen LogP contribution in [0.3, 0.4) is 0 Å². The van der Waals surface area contributed by atoms with Crippen molar-refractivity contribution in [3.8, 4) is 11.1 Å². The second kappa shape index (κ2) is 7.06. The zero-order chi connectivity index (χ0) is 17.0. The number of hydrogen-bond acceptors (Lipinski definition) is 5. The van der Waals surface area contributed by atoms with Crippen LogP contribution < -0.4 is 0 Å². The molecule has 1 unspecified atom stereocenters. The van der Waals surface area contributed by atoms with E-state index in [-0.39, 0.29) is 10.8 Å². The molecule has 0 saturated heterocycles. The number of para-hydroxylation sites is 1. The smallest absolute Gasteiger partial charge is 0.321 e. The third-order valence-electron chi connectivity index (χ3n) is 3.13. The Kier molecular flexibility index (Phi) is 5.13. The number of rotatable bonds is 5. The van der Waals surface area contributed by atoms with Crippen LogP contribution in [-0.2, 0) is 9.59 Å². The van der Waals surface area contributed by atoms with E-state index in [1.54, 1.807) is 42.5 Å². The number of nitro groups is 1. The summed E-state index contributed by atoms with van der Waals surface area (Å²) >= 11 is 0.724. The number of nitrogens with zero attached hydrogens (tertiary/aromatic N) is 1. The number of carbonyl (C=O) groups excluding carboxylic acids is 1. The van der Waals surface area contributed by atoms with Crippen LogP contribution in [0.25, 0.3) is 11.1 Å². The number of carbonyl (C=O) groups is 2. The van der Waals surface area contributed by atoms with E-state index in [2.05, 4.69) is 0 Å². The van der Waals surface area contributed by atoms with Crippen LogP contribution in [-0.4, -0.2) is 21.1 Å². The second-order valence-electron chi connectivity index (χ2n) is 4.72. The van der Waals surface area contributed by atoms with Crippen molar-refractivity contribution in [2.45, 2.75) is 12.2 Å². The molecule has 0 heterocycles. The third kappa shape index (κ3) is 3.95. The van der Waals surface area contributed by atoms with E-state index in [4.69, 9.17) is 0 Å². The minimum absolute atomic E-state index is 0.0202. The molecule has 6 nitrogen and oxygen atoms in total. The lowest BCUT2D eigenvalue weighted by Crippen LogP contribution is -2.09. The van der Waals surface area contributed by atoms with Gasteiger partial charge in [0.1, 0.15) is 5.25 Å². The fourth-order valence-corrected chi connectivity index (χ4v) is 2.87. The van der Waals surface area contributed by atoms with Crippen LogP contribution in [0.4, 0.5) is 5.69 Å². The molecule has 2 aromatic carbocycles. The minimum atomic E-state index is -1.11. The highest BCUT2D eigenvalue weighted by atomic mass is 32.2. The van der Waals surface area contributed by atoms with Crippen molar-refractivity contribution in [2.24, 2.45) is 0 Å². The standard InChI is InChI=1S/C16H13NO5S/c1-10(18)23-15(16(19)20)12-8-6-11(7-9-12)13-4-2-3-5-14(13)17(21)22/h2-9,15H,1H3,(H,19,20). The van der Waals surface area contributed by atoms with Gasteiger partial charge in [0.25, 0.3) is 5.69 Å². The maximum atomic E-state index is 11.3. The lowest BCUT2D eigenvalue weighted by molar-refractivity contribution is -0.384. The SMILES string of the molecule is CC(=O)SC(C(=O)O)c1ccc(-c2ccccc2[N+](=O)[O-])cc1. The zero-order valence-electron chi connectivity index (χ0n) is 12.1. The number of benzene rings is 2. The highest BCUT2D eigenvalue weighted by Gasteiger charge is 2.23. The Morgan fingerprint density at radius 3 is 2.26 bits per heavy atom. The first-order valence-electron chi connectivity index (χ1n) is 6.64. The maximum absolute atomic E-state index is 11.3. The Morgan fingerprint density at radius 1 is 1.13 bits per heavy atom. The van der Waals surface area contributed by atoms with Crippen molar-refractivity contribution in [1.82, 2.24) is 0 Å². The summed E-state index contributed by atoms with van der Waals surface area (Å²) in [6, 6.07) is 12.7. The number of carboxylic acid groups (broad SMARTS) is 1. The van der Waals surface area contributed by atoms with Crippen LogP contribution in [0.2, 0.25) is 0 Å². The summed E-state index contributed by atoms with van der Waals surface area (Å²) in [4.78, 5) is 33.0. The van der Waals surface area contributed by atoms with Gasteiger partial charge in [-0.05, 0) is 17.2 Å². The fraction of sp³-hybridized carbons (Fsp3) is 0.125. The molecule has 0 aliphatic heterocycles. The number of carboxylic acids is 1. The van der Waals surface area contributed by atoms with Crippen molar-refractivity contribution < 1.29 is 19.6 Å². The molecular weight excluding hydrogens is 318 g/mol. The average molecular weight is 331 g/mol. The predicted octanol–water partition coefficient (Wildman–Crippen LogP) is 3.67. The van der Waals surface area contributed by atoms with Gasteiger partial charge in [-0.1, -0.05) is 48.2 Å². The summed E-state index contributed by atoms with van der Waals surface area (Å²) in [5.41, 5.74) is 1.50. The van der Waals surface area contributed by atoms with Gasteiger partial charge >= 0.3 is 5.97 Å². The fourth-order valence-electron chi connectivity index (χ4n) is 2.14. The molecule has 0 saturated carbocycles. The number of thioether (sulfide) groups is 1. The summed E-state index contributed by atoms with van der Waals surface area (Å²) in [6.45, 7) is 1.31. The highest BCUT2D eigenvalue weighted by Crippen LogP contribution is 2.33. The quantitative estimate of drug-likeness (QED) is 0.663. The second-order valence-corrected chi connectivity index (χ2v) is 6.01. The van der Waals surface area contributed by atoms with E-state index < -0.39 is 16.1 Å². The van der Waals surface area contributed by atoms with E-state index in [0.717, 1.165) is 11.8 Å². The topological polar surface area (TPSA) is 97.5 Å². The zero-order valence-corrected chi connectivity index (χ0v) is 12.9. The van der Waals surface area contributed by atoms with Crippen molar-refractivity contribution in [2.75, 3.05) is 0 Å². The first-order valence-corrected chi connectivity index (χ1v) is 7.52. The van der Waals surface area contributed by atoms with Crippen LogP contribution in [0, 0.1) is 10.1 Å². The van der Waals surface area contributed by atoms with Gasteiger partial charge in [0.15, 0.2) is 5.12 Å². The molecule has 2 rings (SSSR count). The van der Waals surface area contributed by atoms with Crippen LogP contribution in [0.1, 0.15) is 17.7 Å². The Hall–Kier alpha value is -2.67. The number of nitro benzene ring substituents is 1. The Labute approximate surface area is 136 Å². The Bertz CT molecular complexity index is 757. The highest BCUT2D eigenvalue weighted by molar-refractivity contribution is 8.14. The molecule has 23 heavy (non-hydrogen) atoms. The molecule has 0 aliphatic carbocycles. The van der Waals surface area contributed by atoms with Gasteiger partial charge in [0, 0.05) is 13.0 Å². The summed E-state index contributed by atoms with van der Waals surface area (Å²) in [7, 11) is 0. The summed E-state index contributed by atoms with van der Waals surface area (Å²) in [6.07, 6.45) is 0.